The maximum absolute atomic E-state index is 12.8. The van der Waals surface area contributed by atoms with Gasteiger partial charge in [0, 0.05) is 55.9 Å². The third kappa shape index (κ3) is 3.65. The highest BCUT2D eigenvalue weighted by atomic mass is 16.2. The van der Waals surface area contributed by atoms with Crippen LogP contribution in [-0.4, -0.2) is 66.8 Å². The van der Waals surface area contributed by atoms with Crippen LogP contribution in [0.2, 0.25) is 0 Å². The summed E-state index contributed by atoms with van der Waals surface area (Å²) in [6, 6.07) is 9.55. The van der Waals surface area contributed by atoms with Crippen LogP contribution >= 0.6 is 0 Å². The van der Waals surface area contributed by atoms with E-state index in [1.165, 1.54) is 0 Å². The summed E-state index contributed by atoms with van der Waals surface area (Å²) in [6.45, 7) is 4.21. The molecule has 8 heteroatoms. The molecule has 4 rings (SSSR count). The van der Waals surface area contributed by atoms with Crippen molar-refractivity contribution < 1.29 is 4.79 Å². The Labute approximate surface area is 151 Å². The molecule has 0 radical (unpaired) electrons. The fraction of sp³-hybridized carbons (Fsp3) is 0.333. The normalized spacial score (nSPS) is 15.8. The van der Waals surface area contributed by atoms with Crippen LogP contribution in [0.4, 0.5) is 0 Å². The average molecular weight is 351 g/mol. The fourth-order valence-corrected chi connectivity index (χ4v) is 3.24. The maximum Gasteiger partial charge on any atom is 0.253 e. The highest BCUT2D eigenvalue weighted by molar-refractivity contribution is 5.94. The lowest BCUT2D eigenvalue weighted by molar-refractivity contribution is 0.0761. The first-order valence-electron chi connectivity index (χ1n) is 8.74. The van der Waals surface area contributed by atoms with Gasteiger partial charge in [-0.05, 0) is 36.8 Å². The SMILES string of the molecule is O=C(c1ccc(-n2cnnc2)cc1)N1CCCN(Cc2ccn[nH]2)CC1. The standard InChI is InChI=1S/C18H21N7O/c26-18(15-2-4-17(5-3-15)25-13-20-21-14-25)24-9-1-8-23(10-11-24)12-16-6-7-19-22-16/h2-7,13-14H,1,8-12H2,(H,19,22). The summed E-state index contributed by atoms with van der Waals surface area (Å²) < 4.78 is 1.81. The number of benzene rings is 1. The van der Waals surface area contributed by atoms with Gasteiger partial charge in [0.05, 0.1) is 0 Å². The predicted octanol–water partition coefficient (Wildman–Crippen LogP) is 1.34. The molecule has 0 bridgehead atoms. The molecule has 1 saturated heterocycles. The second-order valence-corrected chi connectivity index (χ2v) is 6.42. The Morgan fingerprint density at radius 3 is 2.54 bits per heavy atom. The minimum absolute atomic E-state index is 0.0868. The number of nitrogens with zero attached hydrogens (tertiary/aromatic N) is 6. The van der Waals surface area contributed by atoms with Crippen molar-refractivity contribution in [3.8, 4) is 5.69 Å². The number of hydrogen-bond acceptors (Lipinski definition) is 5. The van der Waals surface area contributed by atoms with Crippen LogP contribution in [0, 0.1) is 0 Å². The Morgan fingerprint density at radius 2 is 1.81 bits per heavy atom. The fourth-order valence-electron chi connectivity index (χ4n) is 3.24. The van der Waals surface area contributed by atoms with Gasteiger partial charge in [-0.15, -0.1) is 10.2 Å². The topological polar surface area (TPSA) is 82.9 Å². The van der Waals surface area contributed by atoms with Gasteiger partial charge in [0.2, 0.25) is 0 Å². The smallest absolute Gasteiger partial charge is 0.253 e. The number of amides is 1. The number of nitrogens with one attached hydrogen (secondary N) is 1. The molecule has 1 aliphatic heterocycles. The third-order valence-electron chi connectivity index (χ3n) is 4.66. The molecule has 0 aliphatic carbocycles. The summed E-state index contributed by atoms with van der Waals surface area (Å²) in [5.74, 6) is 0.0868. The lowest BCUT2D eigenvalue weighted by atomic mass is 10.1. The van der Waals surface area contributed by atoms with Crippen LogP contribution in [-0.2, 0) is 6.54 Å². The maximum atomic E-state index is 12.8. The van der Waals surface area contributed by atoms with E-state index in [9.17, 15) is 4.79 Å². The summed E-state index contributed by atoms with van der Waals surface area (Å²) in [7, 11) is 0. The van der Waals surface area contributed by atoms with Crippen molar-refractivity contribution in [1.82, 2.24) is 34.8 Å². The molecule has 1 amide bonds. The highest BCUT2D eigenvalue weighted by Gasteiger charge is 2.20. The van der Waals surface area contributed by atoms with Gasteiger partial charge < -0.3 is 4.90 Å². The van der Waals surface area contributed by atoms with E-state index in [-0.39, 0.29) is 5.91 Å². The molecule has 1 fully saturated rings. The minimum Gasteiger partial charge on any atom is -0.337 e. The Balaban J connectivity index is 1.38. The molecule has 134 valence electrons. The molecule has 3 heterocycles. The third-order valence-corrected chi connectivity index (χ3v) is 4.66. The highest BCUT2D eigenvalue weighted by Crippen LogP contribution is 2.13. The van der Waals surface area contributed by atoms with Crippen molar-refractivity contribution in [1.29, 1.82) is 0 Å². The van der Waals surface area contributed by atoms with E-state index >= 15 is 0 Å². The zero-order valence-corrected chi connectivity index (χ0v) is 14.5. The van der Waals surface area contributed by atoms with Crippen LogP contribution in [0.5, 0.6) is 0 Å². The first-order valence-corrected chi connectivity index (χ1v) is 8.74. The van der Waals surface area contributed by atoms with Crippen molar-refractivity contribution in [3.05, 3.63) is 60.4 Å². The molecule has 8 nitrogen and oxygen atoms in total. The summed E-state index contributed by atoms with van der Waals surface area (Å²) >= 11 is 0. The van der Waals surface area contributed by atoms with Gasteiger partial charge in [-0.2, -0.15) is 5.10 Å². The molecule has 0 unspecified atom stereocenters. The molecule has 0 saturated carbocycles. The second kappa shape index (κ2) is 7.49. The lowest BCUT2D eigenvalue weighted by Crippen LogP contribution is -2.35. The molecule has 1 aromatic carbocycles. The molecule has 0 atom stereocenters. The second-order valence-electron chi connectivity index (χ2n) is 6.42. The Kier molecular flexibility index (Phi) is 4.74. The van der Waals surface area contributed by atoms with Crippen molar-refractivity contribution in [2.24, 2.45) is 0 Å². The van der Waals surface area contributed by atoms with Crippen molar-refractivity contribution >= 4 is 5.91 Å². The van der Waals surface area contributed by atoms with E-state index in [1.54, 1.807) is 18.9 Å². The van der Waals surface area contributed by atoms with Crippen molar-refractivity contribution in [3.63, 3.8) is 0 Å². The van der Waals surface area contributed by atoms with Crippen molar-refractivity contribution in [2.45, 2.75) is 13.0 Å². The molecular formula is C18H21N7O. The lowest BCUT2D eigenvalue weighted by Gasteiger charge is -2.22. The van der Waals surface area contributed by atoms with Crippen LogP contribution in [0.3, 0.4) is 0 Å². The summed E-state index contributed by atoms with van der Waals surface area (Å²) in [4.78, 5) is 17.1. The van der Waals surface area contributed by atoms with Crippen LogP contribution < -0.4 is 0 Å². The average Bonchev–Trinajstić information content (AvgIpc) is 3.33. The first-order chi connectivity index (χ1) is 12.8. The number of aromatic nitrogens is 5. The number of H-pyrrole nitrogens is 1. The van der Waals surface area contributed by atoms with Gasteiger partial charge in [0.1, 0.15) is 12.7 Å². The van der Waals surface area contributed by atoms with E-state index in [4.69, 9.17) is 0 Å². The monoisotopic (exact) mass is 351 g/mol. The van der Waals surface area contributed by atoms with E-state index in [1.807, 2.05) is 39.8 Å². The van der Waals surface area contributed by atoms with Gasteiger partial charge >= 0.3 is 0 Å². The van der Waals surface area contributed by atoms with Crippen LogP contribution in [0.25, 0.3) is 5.69 Å². The van der Waals surface area contributed by atoms with Gasteiger partial charge in [-0.3, -0.25) is 19.4 Å². The van der Waals surface area contributed by atoms with E-state index < -0.39 is 0 Å². The Morgan fingerprint density at radius 1 is 1.00 bits per heavy atom. The Hall–Kier alpha value is -3.00. The van der Waals surface area contributed by atoms with E-state index in [2.05, 4.69) is 25.3 Å². The number of aromatic amines is 1. The number of carbonyl (C=O) groups excluding carboxylic acids is 1. The van der Waals surface area contributed by atoms with Crippen molar-refractivity contribution in [2.75, 3.05) is 26.2 Å². The Bertz CT molecular complexity index is 827. The van der Waals surface area contributed by atoms with Gasteiger partial charge in [-0.25, -0.2) is 0 Å². The quantitative estimate of drug-likeness (QED) is 0.767. The van der Waals surface area contributed by atoms with Gasteiger partial charge in [-0.1, -0.05) is 0 Å². The van der Waals surface area contributed by atoms with Gasteiger partial charge in [0.25, 0.3) is 5.91 Å². The summed E-state index contributed by atoms with van der Waals surface area (Å²) in [6.07, 6.45) is 6.02. The van der Waals surface area contributed by atoms with E-state index in [0.717, 1.165) is 50.5 Å². The largest absolute Gasteiger partial charge is 0.337 e. The zero-order valence-electron chi connectivity index (χ0n) is 14.5. The molecule has 26 heavy (non-hydrogen) atoms. The van der Waals surface area contributed by atoms with Gasteiger partial charge in [0.15, 0.2) is 0 Å². The number of carbonyl (C=O) groups is 1. The molecule has 0 spiro atoms. The summed E-state index contributed by atoms with van der Waals surface area (Å²) in [5, 5.41) is 14.6. The molecule has 3 aromatic rings. The summed E-state index contributed by atoms with van der Waals surface area (Å²) in [5.41, 5.74) is 2.76. The number of hydrogen-bond donors (Lipinski definition) is 1. The molecule has 1 aliphatic rings. The molecular weight excluding hydrogens is 330 g/mol. The minimum atomic E-state index is 0.0868. The van der Waals surface area contributed by atoms with E-state index in [0.29, 0.717) is 5.56 Å². The molecule has 1 N–H and O–H groups in total. The number of rotatable bonds is 4. The zero-order chi connectivity index (χ0) is 17.8. The predicted molar refractivity (Wildman–Crippen MR) is 95.7 cm³/mol. The first kappa shape index (κ1) is 16.5. The van der Waals surface area contributed by atoms with Crippen LogP contribution in [0.1, 0.15) is 22.5 Å². The molecule has 2 aromatic heterocycles. The van der Waals surface area contributed by atoms with Crippen LogP contribution in [0.15, 0.2) is 49.2 Å².